The molecule has 0 saturated heterocycles. The Morgan fingerprint density at radius 3 is 2.40 bits per heavy atom. The molecule has 2 N–H and O–H groups in total. The second kappa shape index (κ2) is 8.04. The number of amides is 1. The lowest BCUT2D eigenvalue weighted by atomic mass is 10.3. The number of aliphatic carboxylic acids is 1. The smallest absolute Gasteiger partial charge is 0.325 e. The molecule has 1 atom stereocenters. The maximum Gasteiger partial charge on any atom is 0.325 e. The molecule has 1 aromatic rings. The van der Waals surface area contributed by atoms with Crippen molar-refractivity contribution >= 4 is 11.9 Å². The average Bonchev–Trinajstić information content (AvgIpc) is 2.40. The lowest BCUT2D eigenvalue weighted by Gasteiger charge is -2.12. The van der Waals surface area contributed by atoms with E-state index >= 15 is 0 Å². The van der Waals surface area contributed by atoms with Crippen LogP contribution >= 0.6 is 0 Å². The number of para-hydroxylation sites is 2. The summed E-state index contributed by atoms with van der Waals surface area (Å²) in [5, 5.41) is 11.0. The van der Waals surface area contributed by atoms with Gasteiger partial charge < -0.3 is 19.9 Å². The van der Waals surface area contributed by atoms with Crippen LogP contribution in [0.4, 0.5) is 0 Å². The Morgan fingerprint density at radius 2 is 1.85 bits per heavy atom. The molecule has 1 unspecified atom stereocenters. The van der Waals surface area contributed by atoms with Crippen LogP contribution in [0.5, 0.6) is 11.5 Å². The summed E-state index contributed by atoms with van der Waals surface area (Å²) in [6, 6.07) is 6.27. The molecule has 0 aromatic heterocycles. The van der Waals surface area contributed by atoms with Crippen molar-refractivity contribution in [1.82, 2.24) is 5.32 Å². The molecule has 0 bridgehead atoms. The van der Waals surface area contributed by atoms with Gasteiger partial charge in [-0.15, -0.1) is 0 Å². The van der Waals surface area contributed by atoms with Gasteiger partial charge in [-0.3, -0.25) is 9.59 Å². The van der Waals surface area contributed by atoms with Gasteiger partial charge in [-0.1, -0.05) is 12.1 Å². The minimum absolute atomic E-state index is 0.0814. The lowest BCUT2D eigenvalue weighted by molar-refractivity contribution is -0.141. The van der Waals surface area contributed by atoms with E-state index in [0.29, 0.717) is 18.1 Å². The summed E-state index contributed by atoms with van der Waals surface area (Å²) >= 11 is 0. The zero-order chi connectivity index (χ0) is 15.0. The van der Waals surface area contributed by atoms with Gasteiger partial charge in [-0.05, 0) is 26.0 Å². The number of benzene rings is 1. The summed E-state index contributed by atoms with van der Waals surface area (Å²) in [5.41, 5.74) is 0. The first-order valence-corrected chi connectivity index (χ1v) is 6.41. The van der Waals surface area contributed by atoms with Crippen molar-refractivity contribution in [2.24, 2.45) is 0 Å². The Labute approximate surface area is 117 Å². The van der Waals surface area contributed by atoms with E-state index < -0.39 is 12.0 Å². The highest BCUT2D eigenvalue weighted by atomic mass is 16.5. The highest BCUT2D eigenvalue weighted by Crippen LogP contribution is 2.26. The quantitative estimate of drug-likeness (QED) is 0.753. The van der Waals surface area contributed by atoms with Crippen LogP contribution in [0.25, 0.3) is 0 Å². The minimum Gasteiger partial charge on any atom is -0.490 e. The van der Waals surface area contributed by atoms with Crippen molar-refractivity contribution in [2.75, 3.05) is 13.2 Å². The summed E-state index contributed by atoms with van der Waals surface area (Å²) in [5.74, 6) is -0.252. The third-order valence-corrected chi connectivity index (χ3v) is 2.48. The van der Waals surface area contributed by atoms with E-state index in [-0.39, 0.29) is 18.9 Å². The van der Waals surface area contributed by atoms with Gasteiger partial charge in [0.1, 0.15) is 6.04 Å². The fourth-order valence-corrected chi connectivity index (χ4v) is 1.47. The van der Waals surface area contributed by atoms with Crippen molar-refractivity contribution in [3.63, 3.8) is 0 Å². The molecule has 6 heteroatoms. The third-order valence-electron chi connectivity index (χ3n) is 2.48. The first-order valence-electron chi connectivity index (χ1n) is 6.41. The van der Waals surface area contributed by atoms with Gasteiger partial charge in [0.15, 0.2) is 11.5 Å². The van der Waals surface area contributed by atoms with Gasteiger partial charge in [0.05, 0.1) is 19.6 Å². The summed E-state index contributed by atoms with van der Waals surface area (Å²) in [6.07, 6.45) is 0.0814. The molecule has 20 heavy (non-hydrogen) atoms. The fraction of sp³-hybridized carbons (Fsp3) is 0.429. The molecule has 1 rings (SSSR count). The largest absolute Gasteiger partial charge is 0.490 e. The number of hydrogen-bond donors (Lipinski definition) is 2. The van der Waals surface area contributed by atoms with Crippen molar-refractivity contribution in [1.29, 1.82) is 0 Å². The van der Waals surface area contributed by atoms with E-state index in [1.165, 1.54) is 6.92 Å². The van der Waals surface area contributed by atoms with E-state index in [1.807, 2.05) is 19.1 Å². The zero-order valence-corrected chi connectivity index (χ0v) is 11.6. The fourth-order valence-electron chi connectivity index (χ4n) is 1.47. The Bertz CT molecular complexity index is 461. The SMILES string of the molecule is CCOc1ccccc1OCCC(=O)NC(C)C(=O)O. The number of carboxylic acids is 1. The molecular weight excluding hydrogens is 262 g/mol. The van der Waals surface area contributed by atoms with Crippen LogP contribution in [0.2, 0.25) is 0 Å². The molecule has 0 heterocycles. The molecule has 0 aliphatic carbocycles. The maximum atomic E-state index is 11.5. The molecule has 1 amide bonds. The first-order chi connectivity index (χ1) is 9.54. The van der Waals surface area contributed by atoms with Crippen LogP contribution in [0.3, 0.4) is 0 Å². The first kappa shape index (κ1) is 15.8. The number of nitrogens with one attached hydrogen (secondary N) is 1. The van der Waals surface area contributed by atoms with Crippen molar-refractivity contribution in [3.8, 4) is 11.5 Å². The molecule has 0 fully saturated rings. The summed E-state index contributed by atoms with van der Waals surface area (Å²) in [4.78, 5) is 22.1. The maximum absolute atomic E-state index is 11.5. The van der Waals surface area contributed by atoms with Crippen molar-refractivity contribution < 1.29 is 24.2 Å². The predicted molar refractivity (Wildman–Crippen MR) is 73.0 cm³/mol. The standard InChI is InChI=1S/C14H19NO5/c1-3-19-11-6-4-5-7-12(11)20-9-8-13(16)15-10(2)14(17)18/h4-7,10H,3,8-9H2,1-2H3,(H,15,16)(H,17,18). The zero-order valence-electron chi connectivity index (χ0n) is 11.6. The molecule has 1 aromatic carbocycles. The third kappa shape index (κ3) is 5.17. The second-order valence-corrected chi connectivity index (χ2v) is 4.11. The average molecular weight is 281 g/mol. The highest BCUT2D eigenvalue weighted by Gasteiger charge is 2.13. The molecule has 0 aliphatic rings. The monoisotopic (exact) mass is 281 g/mol. The van der Waals surface area contributed by atoms with Crippen LogP contribution in [-0.2, 0) is 9.59 Å². The normalized spacial score (nSPS) is 11.5. The molecule has 6 nitrogen and oxygen atoms in total. The van der Waals surface area contributed by atoms with Gasteiger partial charge in [0.2, 0.25) is 5.91 Å². The predicted octanol–water partition coefficient (Wildman–Crippen LogP) is 1.44. The number of ether oxygens (including phenoxy) is 2. The number of carbonyl (C=O) groups is 2. The van der Waals surface area contributed by atoms with Crippen LogP contribution < -0.4 is 14.8 Å². The van der Waals surface area contributed by atoms with Gasteiger partial charge in [0, 0.05) is 0 Å². The van der Waals surface area contributed by atoms with Gasteiger partial charge in [-0.2, -0.15) is 0 Å². The van der Waals surface area contributed by atoms with Crippen LogP contribution in [0.15, 0.2) is 24.3 Å². The van der Waals surface area contributed by atoms with Gasteiger partial charge in [0.25, 0.3) is 0 Å². The van der Waals surface area contributed by atoms with Gasteiger partial charge in [-0.25, -0.2) is 0 Å². The molecule has 0 spiro atoms. The second-order valence-electron chi connectivity index (χ2n) is 4.11. The Kier molecular flexibility index (Phi) is 6.36. The van der Waals surface area contributed by atoms with Crippen molar-refractivity contribution in [3.05, 3.63) is 24.3 Å². The molecule has 110 valence electrons. The van der Waals surface area contributed by atoms with Gasteiger partial charge >= 0.3 is 5.97 Å². The minimum atomic E-state index is -1.07. The molecular formula is C14H19NO5. The Balaban J connectivity index is 2.41. The number of carboxylic acid groups (broad SMARTS) is 1. The van der Waals surface area contributed by atoms with Crippen LogP contribution in [0.1, 0.15) is 20.3 Å². The number of rotatable bonds is 8. The van der Waals surface area contributed by atoms with Crippen LogP contribution in [0, 0.1) is 0 Å². The van der Waals surface area contributed by atoms with E-state index in [2.05, 4.69) is 5.32 Å². The topological polar surface area (TPSA) is 84.9 Å². The van der Waals surface area contributed by atoms with Crippen LogP contribution in [-0.4, -0.2) is 36.2 Å². The van der Waals surface area contributed by atoms with Crippen molar-refractivity contribution in [2.45, 2.75) is 26.3 Å². The summed E-state index contributed by atoms with van der Waals surface area (Å²) in [7, 11) is 0. The van der Waals surface area contributed by atoms with E-state index in [4.69, 9.17) is 14.6 Å². The number of hydrogen-bond acceptors (Lipinski definition) is 4. The van der Waals surface area contributed by atoms with E-state index in [1.54, 1.807) is 12.1 Å². The Hall–Kier alpha value is -2.24. The summed E-state index contributed by atoms with van der Waals surface area (Å²) in [6.45, 7) is 3.96. The van der Waals surface area contributed by atoms with E-state index in [0.717, 1.165) is 0 Å². The Morgan fingerprint density at radius 1 is 1.25 bits per heavy atom. The number of carbonyl (C=O) groups excluding carboxylic acids is 1. The molecule has 0 aliphatic heterocycles. The molecule has 0 saturated carbocycles. The lowest BCUT2D eigenvalue weighted by Crippen LogP contribution is -2.38. The summed E-state index contributed by atoms with van der Waals surface area (Å²) < 4.78 is 10.9. The van der Waals surface area contributed by atoms with E-state index in [9.17, 15) is 9.59 Å². The highest BCUT2D eigenvalue weighted by molar-refractivity contribution is 5.83. The molecule has 0 radical (unpaired) electrons.